The van der Waals surface area contributed by atoms with Crippen molar-refractivity contribution in [3.8, 4) is 11.5 Å². The molecule has 1 amide bonds. The predicted octanol–water partition coefficient (Wildman–Crippen LogP) is 4.92. The van der Waals surface area contributed by atoms with Gasteiger partial charge in [0.2, 0.25) is 5.91 Å². The van der Waals surface area contributed by atoms with Crippen LogP contribution in [-0.4, -0.2) is 19.0 Å². The number of hydrogen-bond acceptors (Lipinski definition) is 4. The molecule has 28 heavy (non-hydrogen) atoms. The maximum absolute atomic E-state index is 12.1. The van der Waals surface area contributed by atoms with Crippen molar-refractivity contribution in [2.24, 2.45) is 0 Å². The van der Waals surface area contributed by atoms with Crippen LogP contribution in [0.5, 0.6) is 11.5 Å². The van der Waals surface area contributed by atoms with Crippen LogP contribution in [0.15, 0.2) is 84.9 Å². The van der Waals surface area contributed by atoms with E-state index in [-0.39, 0.29) is 5.91 Å². The van der Waals surface area contributed by atoms with Crippen molar-refractivity contribution >= 4 is 23.6 Å². The Morgan fingerprint density at radius 1 is 0.821 bits per heavy atom. The number of benzene rings is 3. The zero-order valence-electron chi connectivity index (χ0n) is 15.3. The number of nitrogens with one attached hydrogen (secondary N) is 1. The highest BCUT2D eigenvalue weighted by atomic mass is 16.5. The fourth-order valence-electron chi connectivity index (χ4n) is 2.43. The molecule has 0 unspecified atom stereocenters. The molecule has 0 aromatic heterocycles. The summed E-state index contributed by atoms with van der Waals surface area (Å²) in [6.45, 7) is 0. The van der Waals surface area contributed by atoms with Gasteiger partial charge in [0.15, 0.2) is 0 Å². The fraction of sp³-hybridized carbons (Fsp3) is 0.0435. The molecule has 0 aliphatic heterocycles. The molecule has 5 heteroatoms. The SMILES string of the molecule is COC(=O)c1ccc(C=CC(=O)Nc2ccc(Oc3ccccc3)cc2)cc1. The summed E-state index contributed by atoms with van der Waals surface area (Å²) in [6.07, 6.45) is 3.10. The lowest BCUT2D eigenvalue weighted by Crippen LogP contribution is -2.07. The lowest BCUT2D eigenvalue weighted by Gasteiger charge is -2.07. The number of para-hydroxylation sites is 1. The molecule has 0 bridgehead atoms. The molecule has 0 aliphatic carbocycles. The Labute approximate surface area is 163 Å². The zero-order chi connectivity index (χ0) is 19.8. The second kappa shape index (κ2) is 9.19. The first-order chi connectivity index (χ1) is 13.6. The van der Waals surface area contributed by atoms with Crippen LogP contribution in [0, 0.1) is 0 Å². The molecule has 0 fully saturated rings. The Bertz CT molecular complexity index is 962. The maximum Gasteiger partial charge on any atom is 0.337 e. The van der Waals surface area contributed by atoms with Gasteiger partial charge in [-0.05, 0) is 60.2 Å². The van der Waals surface area contributed by atoms with Crippen molar-refractivity contribution in [2.75, 3.05) is 12.4 Å². The number of carbonyl (C=O) groups is 2. The maximum atomic E-state index is 12.1. The molecular formula is C23H19NO4. The second-order valence-electron chi connectivity index (χ2n) is 5.88. The molecule has 0 radical (unpaired) electrons. The van der Waals surface area contributed by atoms with Crippen molar-refractivity contribution in [1.29, 1.82) is 0 Å². The normalized spacial score (nSPS) is 10.5. The van der Waals surface area contributed by atoms with Gasteiger partial charge in [0, 0.05) is 11.8 Å². The molecule has 3 aromatic carbocycles. The number of anilines is 1. The molecule has 0 saturated carbocycles. The highest BCUT2D eigenvalue weighted by molar-refractivity contribution is 6.02. The molecule has 3 aromatic rings. The highest BCUT2D eigenvalue weighted by Crippen LogP contribution is 2.22. The van der Waals surface area contributed by atoms with Crippen molar-refractivity contribution in [1.82, 2.24) is 0 Å². The Hall–Kier alpha value is -3.86. The van der Waals surface area contributed by atoms with E-state index < -0.39 is 5.97 Å². The highest BCUT2D eigenvalue weighted by Gasteiger charge is 2.04. The topological polar surface area (TPSA) is 64.6 Å². The molecule has 5 nitrogen and oxygen atoms in total. The van der Waals surface area contributed by atoms with Crippen LogP contribution in [0.1, 0.15) is 15.9 Å². The number of rotatable bonds is 6. The minimum Gasteiger partial charge on any atom is -0.465 e. The van der Waals surface area contributed by atoms with Crippen LogP contribution in [0.3, 0.4) is 0 Å². The van der Waals surface area contributed by atoms with Crippen molar-refractivity contribution in [2.45, 2.75) is 0 Å². The van der Waals surface area contributed by atoms with Gasteiger partial charge in [0.05, 0.1) is 12.7 Å². The van der Waals surface area contributed by atoms with E-state index in [2.05, 4.69) is 10.1 Å². The van der Waals surface area contributed by atoms with Gasteiger partial charge in [-0.25, -0.2) is 4.79 Å². The molecule has 0 spiro atoms. The summed E-state index contributed by atoms with van der Waals surface area (Å²) in [5.74, 6) is 0.785. The van der Waals surface area contributed by atoms with Gasteiger partial charge >= 0.3 is 5.97 Å². The first-order valence-corrected chi connectivity index (χ1v) is 8.64. The van der Waals surface area contributed by atoms with E-state index >= 15 is 0 Å². The Balaban J connectivity index is 1.55. The Morgan fingerprint density at radius 2 is 1.46 bits per heavy atom. The van der Waals surface area contributed by atoms with E-state index in [9.17, 15) is 9.59 Å². The molecule has 140 valence electrons. The van der Waals surface area contributed by atoms with E-state index in [0.717, 1.165) is 11.3 Å². The lowest BCUT2D eigenvalue weighted by atomic mass is 10.1. The number of hydrogen-bond donors (Lipinski definition) is 1. The largest absolute Gasteiger partial charge is 0.465 e. The van der Waals surface area contributed by atoms with Crippen molar-refractivity contribution < 1.29 is 19.1 Å². The average molecular weight is 373 g/mol. The van der Waals surface area contributed by atoms with E-state index in [0.29, 0.717) is 17.0 Å². The van der Waals surface area contributed by atoms with Crippen molar-refractivity contribution in [3.63, 3.8) is 0 Å². The second-order valence-corrected chi connectivity index (χ2v) is 5.88. The fourth-order valence-corrected chi connectivity index (χ4v) is 2.43. The molecular weight excluding hydrogens is 354 g/mol. The summed E-state index contributed by atoms with van der Waals surface area (Å²) < 4.78 is 10.4. The third-order valence-electron chi connectivity index (χ3n) is 3.86. The third kappa shape index (κ3) is 5.32. The van der Waals surface area contributed by atoms with E-state index in [4.69, 9.17) is 4.74 Å². The molecule has 0 aliphatic rings. The standard InChI is InChI=1S/C23H19NO4/c1-27-23(26)18-10-7-17(8-11-18)9-16-22(25)24-19-12-14-21(15-13-19)28-20-5-3-2-4-6-20/h2-16H,1H3,(H,24,25). The van der Waals surface area contributed by atoms with Crippen LogP contribution in [0.25, 0.3) is 6.08 Å². The smallest absolute Gasteiger partial charge is 0.337 e. The molecule has 0 atom stereocenters. The van der Waals surface area contributed by atoms with E-state index in [1.54, 1.807) is 54.6 Å². The first kappa shape index (κ1) is 18.9. The van der Waals surface area contributed by atoms with Gasteiger partial charge in [0.1, 0.15) is 11.5 Å². The lowest BCUT2D eigenvalue weighted by molar-refractivity contribution is -0.111. The number of methoxy groups -OCH3 is 1. The van der Waals surface area contributed by atoms with Crippen LogP contribution >= 0.6 is 0 Å². The number of esters is 1. The van der Waals surface area contributed by atoms with Gasteiger partial charge < -0.3 is 14.8 Å². The summed E-state index contributed by atoms with van der Waals surface area (Å²) in [7, 11) is 1.33. The monoisotopic (exact) mass is 373 g/mol. The summed E-state index contributed by atoms with van der Waals surface area (Å²) in [6, 6.07) is 23.4. The number of ether oxygens (including phenoxy) is 2. The summed E-state index contributed by atoms with van der Waals surface area (Å²) >= 11 is 0. The first-order valence-electron chi connectivity index (χ1n) is 8.64. The van der Waals surface area contributed by atoms with Gasteiger partial charge in [0.25, 0.3) is 0 Å². The minimum absolute atomic E-state index is 0.256. The van der Waals surface area contributed by atoms with Gasteiger partial charge in [-0.2, -0.15) is 0 Å². The number of carbonyl (C=O) groups excluding carboxylic acids is 2. The van der Waals surface area contributed by atoms with Crippen molar-refractivity contribution in [3.05, 3.63) is 96.1 Å². The van der Waals surface area contributed by atoms with Crippen LogP contribution in [0.4, 0.5) is 5.69 Å². The summed E-state index contributed by atoms with van der Waals surface area (Å²) in [4.78, 5) is 23.5. The van der Waals surface area contributed by atoms with Crippen LogP contribution in [0.2, 0.25) is 0 Å². The molecule has 1 N–H and O–H groups in total. The predicted molar refractivity (Wildman–Crippen MR) is 108 cm³/mol. The van der Waals surface area contributed by atoms with Crippen LogP contribution in [-0.2, 0) is 9.53 Å². The van der Waals surface area contributed by atoms with Crippen LogP contribution < -0.4 is 10.1 Å². The molecule has 0 saturated heterocycles. The minimum atomic E-state index is -0.395. The van der Waals surface area contributed by atoms with Gasteiger partial charge in [-0.15, -0.1) is 0 Å². The van der Waals surface area contributed by atoms with E-state index in [1.165, 1.54) is 13.2 Å². The molecule has 3 rings (SSSR count). The molecule has 0 heterocycles. The Kier molecular flexibility index (Phi) is 6.21. The Morgan fingerprint density at radius 3 is 2.11 bits per heavy atom. The quantitative estimate of drug-likeness (QED) is 0.492. The zero-order valence-corrected chi connectivity index (χ0v) is 15.3. The third-order valence-corrected chi connectivity index (χ3v) is 3.86. The average Bonchev–Trinajstić information content (AvgIpc) is 2.74. The number of amides is 1. The summed E-state index contributed by atoms with van der Waals surface area (Å²) in [5.41, 5.74) is 1.92. The van der Waals surface area contributed by atoms with Gasteiger partial charge in [-0.3, -0.25) is 4.79 Å². The van der Waals surface area contributed by atoms with E-state index in [1.807, 2.05) is 30.3 Å². The summed E-state index contributed by atoms with van der Waals surface area (Å²) in [5, 5.41) is 2.79. The van der Waals surface area contributed by atoms with Gasteiger partial charge in [-0.1, -0.05) is 30.3 Å².